The maximum atomic E-state index is 14.1. The minimum absolute atomic E-state index is 0.242. The van der Waals surface area contributed by atoms with E-state index in [1.807, 2.05) is 72.5 Å². The van der Waals surface area contributed by atoms with Crippen LogP contribution in [0.3, 0.4) is 0 Å². The second kappa shape index (κ2) is 10.6. The standard InChI is InChI=1S/C29H30Cl2N2O3/c1-19(21-14-9-6-10-15-21)32-24(18-20-12-7-5-8-13-20)27(34)33(28(35)36-29(2,3)4)26(32)25-22(30)16-11-17-23(25)31/h5-17,19,24,26H,18H2,1-4H3/t19-,24+,26+/m1/s1. The molecule has 0 saturated carbocycles. The molecule has 0 radical (unpaired) electrons. The lowest BCUT2D eigenvalue weighted by Gasteiger charge is -2.36. The SMILES string of the molecule is C[C@H](c1ccccc1)N1[C@H](c2c(Cl)cccc2Cl)N(C(=O)OC(C)(C)C)C(=O)[C@@H]1Cc1ccccc1. The molecule has 7 heteroatoms. The molecule has 0 aliphatic carbocycles. The van der Waals surface area contributed by atoms with Crippen molar-refractivity contribution in [1.29, 1.82) is 0 Å². The Balaban J connectivity index is 1.90. The van der Waals surface area contributed by atoms with Crippen molar-refractivity contribution < 1.29 is 14.3 Å². The first-order valence-electron chi connectivity index (χ1n) is 11.9. The molecule has 0 unspecified atom stereocenters. The van der Waals surface area contributed by atoms with Gasteiger partial charge in [0, 0.05) is 21.7 Å². The summed E-state index contributed by atoms with van der Waals surface area (Å²) < 4.78 is 5.71. The topological polar surface area (TPSA) is 49.9 Å². The molecule has 1 aliphatic rings. The lowest BCUT2D eigenvalue weighted by atomic mass is 9.99. The molecule has 0 spiro atoms. The largest absolute Gasteiger partial charge is 0.443 e. The molecule has 3 aromatic carbocycles. The van der Waals surface area contributed by atoms with E-state index in [1.54, 1.807) is 39.0 Å². The van der Waals surface area contributed by atoms with Gasteiger partial charge in [0.2, 0.25) is 0 Å². The van der Waals surface area contributed by atoms with E-state index in [-0.39, 0.29) is 11.9 Å². The molecule has 2 amide bonds. The zero-order valence-electron chi connectivity index (χ0n) is 20.8. The average molecular weight is 525 g/mol. The zero-order valence-corrected chi connectivity index (χ0v) is 22.3. The van der Waals surface area contributed by atoms with Crippen molar-refractivity contribution in [3.63, 3.8) is 0 Å². The van der Waals surface area contributed by atoms with E-state index in [0.29, 0.717) is 22.0 Å². The van der Waals surface area contributed by atoms with Gasteiger partial charge >= 0.3 is 6.09 Å². The van der Waals surface area contributed by atoms with E-state index in [0.717, 1.165) is 11.1 Å². The number of halogens is 2. The summed E-state index contributed by atoms with van der Waals surface area (Å²) in [5, 5.41) is 0.749. The number of carbonyl (C=O) groups is 2. The highest BCUT2D eigenvalue weighted by atomic mass is 35.5. The Morgan fingerprint density at radius 1 is 0.917 bits per heavy atom. The first kappa shape index (κ1) is 26.2. The molecule has 1 fully saturated rings. The molecule has 0 aromatic heterocycles. The lowest BCUT2D eigenvalue weighted by molar-refractivity contribution is -0.129. The molecular formula is C29H30Cl2N2O3. The molecule has 1 heterocycles. The summed E-state index contributed by atoms with van der Waals surface area (Å²) in [6.07, 6.45) is -1.17. The predicted molar refractivity (Wildman–Crippen MR) is 143 cm³/mol. The Morgan fingerprint density at radius 2 is 1.47 bits per heavy atom. The first-order chi connectivity index (χ1) is 17.1. The normalized spacial score (nSPS) is 19.4. The van der Waals surface area contributed by atoms with Crippen LogP contribution in [0.25, 0.3) is 0 Å². The summed E-state index contributed by atoms with van der Waals surface area (Å²) in [7, 11) is 0. The van der Waals surface area contributed by atoms with Crippen molar-refractivity contribution in [3.05, 3.63) is 106 Å². The third-order valence-corrected chi connectivity index (χ3v) is 6.92. The molecule has 5 nitrogen and oxygen atoms in total. The zero-order chi connectivity index (χ0) is 26.0. The van der Waals surface area contributed by atoms with Gasteiger partial charge in [0.05, 0.1) is 6.04 Å². The van der Waals surface area contributed by atoms with Gasteiger partial charge in [-0.2, -0.15) is 0 Å². The molecule has 36 heavy (non-hydrogen) atoms. The number of rotatable bonds is 5. The van der Waals surface area contributed by atoms with Crippen LogP contribution in [0.15, 0.2) is 78.9 Å². The monoisotopic (exact) mass is 524 g/mol. The van der Waals surface area contributed by atoms with E-state index in [2.05, 4.69) is 0 Å². The van der Waals surface area contributed by atoms with Crippen LogP contribution in [0.2, 0.25) is 10.0 Å². The Morgan fingerprint density at radius 3 is 2.03 bits per heavy atom. The van der Waals surface area contributed by atoms with Gasteiger partial charge < -0.3 is 4.74 Å². The number of amides is 2. The highest BCUT2D eigenvalue weighted by Crippen LogP contribution is 2.46. The van der Waals surface area contributed by atoms with Gasteiger partial charge in [-0.15, -0.1) is 0 Å². The number of benzene rings is 3. The number of nitrogens with zero attached hydrogens (tertiary/aromatic N) is 2. The molecule has 3 aromatic rings. The van der Waals surface area contributed by atoms with Crippen LogP contribution in [0.1, 0.15) is 56.6 Å². The molecule has 188 valence electrons. The Kier molecular flexibility index (Phi) is 7.74. The Bertz CT molecular complexity index is 1210. The third-order valence-electron chi connectivity index (χ3n) is 6.26. The fourth-order valence-electron chi connectivity index (χ4n) is 4.66. The maximum absolute atomic E-state index is 14.1. The average Bonchev–Trinajstić information content (AvgIpc) is 3.10. The van der Waals surface area contributed by atoms with Crippen molar-refractivity contribution in [2.45, 2.75) is 58.0 Å². The van der Waals surface area contributed by atoms with Gasteiger partial charge in [-0.25, -0.2) is 9.69 Å². The minimum atomic E-state index is -0.850. The van der Waals surface area contributed by atoms with Gasteiger partial charge in [-0.1, -0.05) is 89.9 Å². The molecule has 0 N–H and O–H groups in total. The van der Waals surface area contributed by atoms with Crippen LogP contribution in [0, 0.1) is 0 Å². The summed E-state index contributed by atoms with van der Waals surface area (Å²) in [5.74, 6) is -0.350. The maximum Gasteiger partial charge on any atom is 0.418 e. The molecule has 4 rings (SSSR count). The second-order valence-corrected chi connectivity index (χ2v) is 10.8. The lowest BCUT2D eigenvalue weighted by Crippen LogP contribution is -2.41. The van der Waals surface area contributed by atoms with Crippen molar-refractivity contribution in [1.82, 2.24) is 9.80 Å². The van der Waals surface area contributed by atoms with E-state index >= 15 is 0 Å². The molecule has 3 atom stereocenters. The summed E-state index contributed by atoms with van der Waals surface area (Å²) >= 11 is 13.4. The Hall–Kier alpha value is -2.86. The highest BCUT2D eigenvalue weighted by molar-refractivity contribution is 6.36. The summed E-state index contributed by atoms with van der Waals surface area (Å²) in [6, 6.07) is 23.9. The van der Waals surface area contributed by atoms with Crippen LogP contribution < -0.4 is 0 Å². The van der Waals surface area contributed by atoms with E-state index in [1.165, 1.54) is 4.90 Å². The number of carbonyl (C=O) groups excluding carboxylic acids is 2. The number of ether oxygens (including phenoxy) is 1. The minimum Gasteiger partial charge on any atom is -0.443 e. The summed E-state index contributed by atoms with van der Waals surface area (Å²) in [4.78, 5) is 30.9. The van der Waals surface area contributed by atoms with E-state index in [9.17, 15) is 9.59 Å². The smallest absolute Gasteiger partial charge is 0.418 e. The molecule has 1 saturated heterocycles. The fraction of sp³-hybridized carbons (Fsp3) is 0.310. The molecular weight excluding hydrogens is 495 g/mol. The van der Waals surface area contributed by atoms with Crippen LogP contribution in [-0.2, 0) is 16.0 Å². The van der Waals surface area contributed by atoms with Crippen LogP contribution in [0.4, 0.5) is 4.79 Å². The van der Waals surface area contributed by atoms with Gasteiger partial charge in [-0.05, 0) is 57.4 Å². The first-order valence-corrected chi connectivity index (χ1v) is 12.7. The van der Waals surface area contributed by atoms with E-state index < -0.39 is 23.9 Å². The van der Waals surface area contributed by atoms with Gasteiger partial charge in [0.25, 0.3) is 5.91 Å². The summed E-state index contributed by atoms with van der Waals surface area (Å²) in [6.45, 7) is 7.34. The predicted octanol–water partition coefficient (Wildman–Crippen LogP) is 7.44. The third kappa shape index (κ3) is 5.44. The van der Waals surface area contributed by atoms with Gasteiger partial charge in [-0.3, -0.25) is 9.69 Å². The van der Waals surface area contributed by atoms with Crippen LogP contribution in [0.5, 0.6) is 0 Å². The quantitative estimate of drug-likeness (QED) is 0.347. The number of imide groups is 1. The summed E-state index contributed by atoms with van der Waals surface area (Å²) in [5.41, 5.74) is 1.69. The second-order valence-electron chi connectivity index (χ2n) is 9.94. The van der Waals surface area contributed by atoms with Gasteiger partial charge in [0.15, 0.2) is 0 Å². The fourth-order valence-corrected chi connectivity index (χ4v) is 5.26. The van der Waals surface area contributed by atoms with Crippen molar-refractivity contribution in [2.24, 2.45) is 0 Å². The molecule has 1 aliphatic heterocycles. The van der Waals surface area contributed by atoms with E-state index in [4.69, 9.17) is 27.9 Å². The number of hydrogen-bond acceptors (Lipinski definition) is 4. The van der Waals surface area contributed by atoms with Crippen molar-refractivity contribution in [3.8, 4) is 0 Å². The van der Waals surface area contributed by atoms with Crippen LogP contribution in [-0.4, -0.2) is 33.4 Å². The molecule has 0 bridgehead atoms. The van der Waals surface area contributed by atoms with Crippen LogP contribution >= 0.6 is 23.2 Å². The Labute approximate surface area is 222 Å². The van der Waals surface area contributed by atoms with Crippen molar-refractivity contribution in [2.75, 3.05) is 0 Å². The highest BCUT2D eigenvalue weighted by Gasteiger charge is 2.53. The van der Waals surface area contributed by atoms with Crippen molar-refractivity contribution >= 4 is 35.2 Å². The van der Waals surface area contributed by atoms with Gasteiger partial charge in [0.1, 0.15) is 11.8 Å². The number of hydrogen-bond donors (Lipinski definition) is 0.